The summed E-state index contributed by atoms with van der Waals surface area (Å²) in [5.41, 5.74) is 1.69. The van der Waals surface area contributed by atoms with Crippen LogP contribution in [0.1, 0.15) is 11.3 Å². The third kappa shape index (κ3) is 4.10. The number of aromatic nitrogens is 1. The fourth-order valence-corrected chi connectivity index (χ4v) is 1.63. The lowest BCUT2D eigenvalue weighted by molar-refractivity contribution is -0.118. The smallest absolute Gasteiger partial charge is 0.262 e. The monoisotopic (exact) mass is 276 g/mol. The molecule has 2 aromatic rings. The largest absolute Gasteiger partial charge is 0.465 e. The Morgan fingerprint density at radius 3 is 2.75 bits per heavy atom. The van der Waals surface area contributed by atoms with E-state index >= 15 is 0 Å². The first-order valence-corrected chi connectivity index (χ1v) is 6.23. The highest BCUT2D eigenvalue weighted by atomic mass is 16.5. The van der Waals surface area contributed by atoms with Crippen LogP contribution >= 0.6 is 0 Å². The molecule has 6 nitrogen and oxygen atoms in total. The summed E-state index contributed by atoms with van der Waals surface area (Å²) >= 11 is 0. The molecule has 1 aromatic carbocycles. The van der Waals surface area contributed by atoms with Crippen molar-refractivity contribution in [1.82, 2.24) is 5.16 Å². The van der Waals surface area contributed by atoms with E-state index in [1.165, 1.54) is 0 Å². The number of hydrogen-bond donors (Lipinski definition) is 2. The SMILES string of the molecule is Cc1cc(OCC(=O)Nc2ccc(CCO)cc2)no1. The fraction of sp³-hybridized carbons (Fsp3) is 0.286. The van der Waals surface area contributed by atoms with E-state index in [-0.39, 0.29) is 25.0 Å². The number of anilines is 1. The summed E-state index contributed by atoms with van der Waals surface area (Å²) in [7, 11) is 0. The van der Waals surface area contributed by atoms with Crippen molar-refractivity contribution in [1.29, 1.82) is 0 Å². The molecule has 1 amide bonds. The van der Waals surface area contributed by atoms with Gasteiger partial charge >= 0.3 is 0 Å². The van der Waals surface area contributed by atoms with E-state index in [9.17, 15) is 4.79 Å². The van der Waals surface area contributed by atoms with Crippen LogP contribution in [0.3, 0.4) is 0 Å². The summed E-state index contributed by atoms with van der Waals surface area (Å²) < 4.78 is 10.00. The lowest BCUT2D eigenvalue weighted by atomic mass is 10.1. The number of aliphatic hydroxyl groups is 1. The first kappa shape index (κ1) is 14.1. The maximum absolute atomic E-state index is 11.7. The zero-order chi connectivity index (χ0) is 14.4. The number of carbonyl (C=O) groups excluding carboxylic acids is 1. The van der Waals surface area contributed by atoms with E-state index in [1.54, 1.807) is 25.1 Å². The molecule has 0 aliphatic carbocycles. The number of hydrogen-bond acceptors (Lipinski definition) is 5. The summed E-state index contributed by atoms with van der Waals surface area (Å²) in [6, 6.07) is 8.88. The van der Waals surface area contributed by atoms with Gasteiger partial charge in [-0.3, -0.25) is 4.79 Å². The molecule has 20 heavy (non-hydrogen) atoms. The number of nitrogens with one attached hydrogen (secondary N) is 1. The Bertz CT molecular complexity index is 563. The van der Waals surface area contributed by atoms with E-state index in [0.717, 1.165) is 5.56 Å². The van der Waals surface area contributed by atoms with Crippen molar-refractivity contribution < 1.29 is 19.2 Å². The van der Waals surface area contributed by atoms with Gasteiger partial charge in [0.15, 0.2) is 6.61 Å². The van der Waals surface area contributed by atoms with Gasteiger partial charge in [0, 0.05) is 18.4 Å². The standard InChI is InChI=1S/C14H16N2O4/c1-10-8-14(16-20-10)19-9-13(18)15-12-4-2-11(3-5-12)6-7-17/h2-5,8,17H,6-7,9H2,1H3,(H,15,18). The van der Waals surface area contributed by atoms with Gasteiger partial charge in [0.2, 0.25) is 0 Å². The molecule has 0 unspecified atom stereocenters. The average Bonchev–Trinajstić information content (AvgIpc) is 2.85. The van der Waals surface area contributed by atoms with E-state index in [1.807, 2.05) is 12.1 Å². The highest BCUT2D eigenvalue weighted by molar-refractivity contribution is 5.91. The van der Waals surface area contributed by atoms with Crippen molar-refractivity contribution in [3.63, 3.8) is 0 Å². The maximum atomic E-state index is 11.7. The van der Waals surface area contributed by atoms with Gasteiger partial charge in [-0.15, -0.1) is 0 Å². The minimum atomic E-state index is -0.277. The zero-order valence-electron chi connectivity index (χ0n) is 11.1. The molecular weight excluding hydrogens is 260 g/mol. The van der Waals surface area contributed by atoms with Crippen LogP contribution < -0.4 is 10.1 Å². The van der Waals surface area contributed by atoms with Crippen LogP contribution in [0.15, 0.2) is 34.9 Å². The second kappa shape index (κ2) is 6.72. The number of amides is 1. The highest BCUT2D eigenvalue weighted by Gasteiger charge is 2.06. The van der Waals surface area contributed by atoms with Crippen molar-refractivity contribution in [2.24, 2.45) is 0 Å². The first-order valence-electron chi connectivity index (χ1n) is 6.23. The van der Waals surface area contributed by atoms with Gasteiger partial charge in [-0.05, 0) is 36.2 Å². The second-order valence-corrected chi connectivity index (χ2v) is 4.28. The molecule has 0 radical (unpaired) electrons. The van der Waals surface area contributed by atoms with Crippen LogP contribution in [0, 0.1) is 6.92 Å². The number of aliphatic hydroxyl groups excluding tert-OH is 1. The van der Waals surface area contributed by atoms with Crippen LogP contribution in [-0.2, 0) is 11.2 Å². The summed E-state index contributed by atoms with van der Waals surface area (Å²) in [4.78, 5) is 11.7. The maximum Gasteiger partial charge on any atom is 0.262 e. The number of rotatable bonds is 6. The predicted octanol–water partition coefficient (Wildman–Crippen LogP) is 1.54. The molecule has 1 heterocycles. The van der Waals surface area contributed by atoms with Gasteiger partial charge in [-0.2, -0.15) is 0 Å². The third-order valence-corrected chi connectivity index (χ3v) is 2.60. The van der Waals surface area contributed by atoms with Crippen LogP contribution in [0.4, 0.5) is 5.69 Å². The van der Waals surface area contributed by atoms with E-state index in [2.05, 4.69) is 10.5 Å². The van der Waals surface area contributed by atoms with Crippen LogP contribution in [0.2, 0.25) is 0 Å². The molecule has 0 aliphatic heterocycles. The zero-order valence-corrected chi connectivity index (χ0v) is 11.1. The second-order valence-electron chi connectivity index (χ2n) is 4.28. The van der Waals surface area contributed by atoms with Crippen molar-refractivity contribution in [2.75, 3.05) is 18.5 Å². The molecule has 0 saturated heterocycles. The number of aryl methyl sites for hydroxylation is 1. The Hall–Kier alpha value is -2.34. The summed E-state index contributed by atoms with van der Waals surface area (Å²) in [6.07, 6.45) is 0.600. The number of nitrogens with zero attached hydrogens (tertiary/aromatic N) is 1. The summed E-state index contributed by atoms with van der Waals surface area (Å²) in [6.45, 7) is 1.72. The normalized spacial score (nSPS) is 10.3. The molecule has 6 heteroatoms. The van der Waals surface area contributed by atoms with Gasteiger partial charge < -0.3 is 19.7 Å². The van der Waals surface area contributed by atoms with Crippen LogP contribution in [-0.4, -0.2) is 29.4 Å². The molecule has 2 rings (SSSR count). The van der Waals surface area contributed by atoms with Gasteiger partial charge in [0.25, 0.3) is 11.8 Å². The molecular formula is C14H16N2O4. The van der Waals surface area contributed by atoms with E-state index in [4.69, 9.17) is 14.4 Å². The Balaban J connectivity index is 1.81. The Labute approximate surface area is 116 Å². The van der Waals surface area contributed by atoms with Crippen molar-refractivity contribution in [3.8, 4) is 5.88 Å². The third-order valence-electron chi connectivity index (χ3n) is 2.60. The molecule has 0 aliphatic rings. The quantitative estimate of drug-likeness (QED) is 0.836. The van der Waals surface area contributed by atoms with Gasteiger partial charge in [0.05, 0.1) is 0 Å². The topological polar surface area (TPSA) is 84.6 Å². The van der Waals surface area contributed by atoms with Crippen molar-refractivity contribution in [3.05, 3.63) is 41.7 Å². The molecule has 0 atom stereocenters. The minimum Gasteiger partial charge on any atom is -0.465 e. The molecule has 0 bridgehead atoms. The van der Waals surface area contributed by atoms with Gasteiger partial charge in [-0.25, -0.2) is 0 Å². The lowest BCUT2D eigenvalue weighted by Crippen LogP contribution is -2.20. The Morgan fingerprint density at radius 1 is 1.40 bits per heavy atom. The first-order chi connectivity index (χ1) is 9.67. The summed E-state index contributed by atoms with van der Waals surface area (Å²) in [5.74, 6) is 0.636. The highest BCUT2D eigenvalue weighted by Crippen LogP contribution is 2.11. The molecule has 2 N–H and O–H groups in total. The van der Waals surface area contributed by atoms with Crippen LogP contribution in [0.5, 0.6) is 5.88 Å². The Morgan fingerprint density at radius 2 is 2.15 bits per heavy atom. The number of ether oxygens (including phenoxy) is 1. The van der Waals surface area contributed by atoms with Gasteiger partial charge in [0.1, 0.15) is 5.76 Å². The lowest BCUT2D eigenvalue weighted by Gasteiger charge is -2.06. The van der Waals surface area contributed by atoms with E-state index < -0.39 is 0 Å². The fourth-order valence-electron chi connectivity index (χ4n) is 1.63. The van der Waals surface area contributed by atoms with Crippen molar-refractivity contribution in [2.45, 2.75) is 13.3 Å². The molecule has 0 saturated carbocycles. The number of carbonyl (C=O) groups is 1. The molecule has 0 spiro atoms. The van der Waals surface area contributed by atoms with Crippen LogP contribution in [0.25, 0.3) is 0 Å². The molecule has 1 aromatic heterocycles. The van der Waals surface area contributed by atoms with E-state index in [0.29, 0.717) is 17.9 Å². The predicted molar refractivity (Wildman–Crippen MR) is 72.6 cm³/mol. The van der Waals surface area contributed by atoms with Crippen molar-refractivity contribution >= 4 is 11.6 Å². The molecule has 0 fully saturated rings. The minimum absolute atomic E-state index is 0.108. The molecule has 106 valence electrons. The number of benzene rings is 1. The van der Waals surface area contributed by atoms with Gasteiger partial charge in [-0.1, -0.05) is 12.1 Å². The summed E-state index contributed by atoms with van der Waals surface area (Å²) in [5, 5.41) is 15.1. The Kier molecular flexibility index (Phi) is 4.73. The average molecular weight is 276 g/mol.